The summed E-state index contributed by atoms with van der Waals surface area (Å²) < 4.78 is 13.9. The highest BCUT2D eigenvalue weighted by atomic mass is 16.5. The molecule has 3 fully saturated rings. The van der Waals surface area contributed by atoms with Crippen LogP contribution in [0.4, 0.5) is 0 Å². The molecule has 0 radical (unpaired) electrons. The van der Waals surface area contributed by atoms with Crippen LogP contribution in [0.2, 0.25) is 0 Å². The van der Waals surface area contributed by atoms with Gasteiger partial charge in [0, 0.05) is 0 Å². The monoisotopic (exact) mass is 346 g/mol. The van der Waals surface area contributed by atoms with Crippen LogP contribution in [0.3, 0.4) is 0 Å². The number of nitrogens with one attached hydrogen (secondary N) is 2. The van der Waals surface area contributed by atoms with Gasteiger partial charge in [-0.15, -0.1) is 0 Å². The molecule has 1 aliphatic carbocycles. The van der Waals surface area contributed by atoms with Crippen LogP contribution < -0.4 is 10.6 Å². The first-order valence-electron chi connectivity index (χ1n) is 9.55. The third-order valence-corrected chi connectivity index (χ3v) is 6.09. The lowest BCUT2D eigenvalue weighted by molar-refractivity contribution is -0.109. The number of carbonyl (C=O) groups is 1. The molecular formula is C18H26N4O3. The summed E-state index contributed by atoms with van der Waals surface area (Å²) in [5.74, 6) is 0.631. The molecule has 1 aromatic rings. The minimum absolute atomic E-state index is 0.0914. The van der Waals surface area contributed by atoms with E-state index in [-0.39, 0.29) is 17.6 Å². The van der Waals surface area contributed by atoms with Crippen molar-refractivity contribution in [3.8, 4) is 0 Å². The van der Waals surface area contributed by atoms with Gasteiger partial charge in [0.15, 0.2) is 5.69 Å². The molecule has 1 spiro atoms. The lowest BCUT2D eigenvalue weighted by Gasteiger charge is -2.40. The third kappa shape index (κ3) is 3.09. The second kappa shape index (κ2) is 6.07. The fourth-order valence-electron chi connectivity index (χ4n) is 4.36. The number of piperidine rings is 1. The topological polar surface area (TPSA) is 77.4 Å². The maximum absolute atomic E-state index is 12.6. The third-order valence-electron chi connectivity index (χ3n) is 6.09. The van der Waals surface area contributed by atoms with E-state index >= 15 is 0 Å². The highest BCUT2D eigenvalue weighted by Crippen LogP contribution is 2.38. The number of fused-ring (bicyclic) bond motifs is 1. The van der Waals surface area contributed by atoms with Crippen LogP contribution in [0.5, 0.6) is 0 Å². The smallest absolute Gasteiger partial charge is 0.272 e. The number of nitrogens with zero attached hydrogens (tertiary/aromatic N) is 2. The van der Waals surface area contributed by atoms with Crippen LogP contribution >= 0.6 is 0 Å². The largest absolute Gasteiger partial charge is 0.376 e. The summed E-state index contributed by atoms with van der Waals surface area (Å²) in [6, 6.07) is 1.99. The van der Waals surface area contributed by atoms with Gasteiger partial charge in [0.2, 0.25) is 0 Å². The van der Waals surface area contributed by atoms with E-state index in [0.717, 1.165) is 50.5 Å². The van der Waals surface area contributed by atoms with Crippen LogP contribution in [0, 0.1) is 5.92 Å². The average Bonchev–Trinajstić information content (AvgIpc) is 3.22. The quantitative estimate of drug-likeness (QED) is 0.848. The number of ether oxygens (including phenoxy) is 2. The molecule has 25 heavy (non-hydrogen) atoms. The van der Waals surface area contributed by atoms with Gasteiger partial charge in [-0.1, -0.05) is 0 Å². The van der Waals surface area contributed by atoms with Crippen molar-refractivity contribution >= 4 is 5.91 Å². The first kappa shape index (κ1) is 15.8. The summed E-state index contributed by atoms with van der Waals surface area (Å²) >= 11 is 0. The Morgan fingerprint density at radius 2 is 2.20 bits per heavy atom. The number of hydrogen-bond acceptors (Lipinski definition) is 5. The van der Waals surface area contributed by atoms with E-state index in [2.05, 4.69) is 15.7 Å². The molecule has 136 valence electrons. The summed E-state index contributed by atoms with van der Waals surface area (Å²) in [6.45, 7) is 3.87. The molecule has 0 aromatic carbocycles. The summed E-state index contributed by atoms with van der Waals surface area (Å²) in [7, 11) is 0. The fraction of sp³-hybridized carbons (Fsp3) is 0.778. The van der Waals surface area contributed by atoms with Crippen molar-refractivity contribution in [1.29, 1.82) is 0 Å². The van der Waals surface area contributed by atoms with Gasteiger partial charge >= 0.3 is 0 Å². The van der Waals surface area contributed by atoms with Crippen LogP contribution in [-0.2, 0) is 22.6 Å². The van der Waals surface area contributed by atoms with Gasteiger partial charge in [-0.3, -0.25) is 9.48 Å². The van der Waals surface area contributed by atoms with E-state index in [4.69, 9.17) is 9.47 Å². The Kier molecular flexibility index (Phi) is 3.83. The maximum atomic E-state index is 12.6. The zero-order valence-electron chi connectivity index (χ0n) is 14.5. The van der Waals surface area contributed by atoms with E-state index in [9.17, 15) is 4.79 Å². The van der Waals surface area contributed by atoms with Gasteiger partial charge in [0.05, 0.1) is 43.2 Å². The molecule has 2 saturated heterocycles. The Morgan fingerprint density at radius 3 is 3.00 bits per heavy atom. The van der Waals surface area contributed by atoms with Crippen molar-refractivity contribution in [3.05, 3.63) is 17.5 Å². The summed E-state index contributed by atoms with van der Waals surface area (Å²) in [5, 5.41) is 11.0. The standard InChI is InChI=1S/C18H26N4O3/c23-17(20-13-7-16(24-9-13)12-1-2-12)15-8-14-10-25-18(11-22(14)21-15)3-5-19-6-4-18/h8,12-13,16,19H,1-7,9-11H2,(H,20,23). The Morgan fingerprint density at radius 1 is 1.36 bits per heavy atom. The predicted molar refractivity (Wildman–Crippen MR) is 90.2 cm³/mol. The Labute approximate surface area is 147 Å². The van der Waals surface area contributed by atoms with Crippen LogP contribution in [0.1, 0.15) is 48.3 Å². The van der Waals surface area contributed by atoms with Crippen LogP contribution in [0.15, 0.2) is 6.07 Å². The van der Waals surface area contributed by atoms with Crippen LogP contribution in [0.25, 0.3) is 0 Å². The Balaban J connectivity index is 1.24. The Hall–Kier alpha value is -1.44. The van der Waals surface area contributed by atoms with Gasteiger partial charge < -0.3 is 20.1 Å². The molecule has 2 unspecified atom stereocenters. The van der Waals surface area contributed by atoms with E-state index in [1.807, 2.05) is 10.7 Å². The average molecular weight is 346 g/mol. The van der Waals surface area contributed by atoms with Gasteiger partial charge in [-0.05, 0) is 57.2 Å². The molecule has 1 aromatic heterocycles. The molecule has 1 saturated carbocycles. The van der Waals surface area contributed by atoms with Gasteiger partial charge in [0.25, 0.3) is 5.91 Å². The lowest BCUT2D eigenvalue weighted by Crippen LogP contribution is -2.49. The van der Waals surface area contributed by atoms with Gasteiger partial charge in [-0.2, -0.15) is 5.10 Å². The first-order valence-corrected chi connectivity index (χ1v) is 9.55. The minimum atomic E-state index is -0.116. The second-order valence-corrected chi connectivity index (χ2v) is 8.02. The minimum Gasteiger partial charge on any atom is -0.376 e. The molecule has 0 bridgehead atoms. The van der Waals surface area contributed by atoms with E-state index in [1.54, 1.807) is 0 Å². The molecular weight excluding hydrogens is 320 g/mol. The summed E-state index contributed by atoms with van der Waals surface area (Å²) in [4.78, 5) is 12.6. The van der Waals surface area contributed by atoms with Crippen molar-refractivity contribution in [1.82, 2.24) is 20.4 Å². The van der Waals surface area contributed by atoms with E-state index in [0.29, 0.717) is 25.0 Å². The number of carbonyl (C=O) groups excluding carboxylic acids is 1. The zero-order valence-corrected chi connectivity index (χ0v) is 14.5. The van der Waals surface area contributed by atoms with Crippen molar-refractivity contribution in [2.45, 2.75) is 63.0 Å². The van der Waals surface area contributed by atoms with Gasteiger partial charge in [0.1, 0.15) is 0 Å². The molecule has 2 N–H and O–H groups in total. The molecule has 4 aliphatic rings. The zero-order chi connectivity index (χ0) is 16.9. The molecule has 2 atom stereocenters. The van der Waals surface area contributed by atoms with Gasteiger partial charge in [-0.25, -0.2) is 0 Å². The molecule has 7 nitrogen and oxygen atoms in total. The number of rotatable bonds is 3. The molecule has 5 rings (SSSR count). The van der Waals surface area contributed by atoms with E-state index < -0.39 is 0 Å². The number of amides is 1. The Bertz CT molecular complexity index is 663. The summed E-state index contributed by atoms with van der Waals surface area (Å²) in [5.41, 5.74) is 1.38. The molecule has 7 heteroatoms. The molecule has 1 amide bonds. The van der Waals surface area contributed by atoms with E-state index in [1.165, 1.54) is 12.8 Å². The highest BCUT2D eigenvalue weighted by molar-refractivity contribution is 5.92. The lowest BCUT2D eigenvalue weighted by atomic mass is 9.91. The number of aromatic nitrogens is 2. The second-order valence-electron chi connectivity index (χ2n) is 8.02. The summed E-state index contributed by atoms with van der Waals surface area (Å²) in [6.07, 6.45) is 5.82. The SMILES string of the molecule is O=C(NC1COC(C2CC2)C1)c1cc2n(n1)CC1(CCNCC1)OC2. The number of hydrogen-bond donors (Lipinski definition) is 2. The molecule has 3 aliphatic heterocycles. The van der Waals surface area contributed by atoms with Crippen molar-refractivity contribution in [3.63, 3.8) is 0 Å². The van der Waals surface area contributed by atoms with Crippen molar-refractivity contribution in [2.24, 2.45) is 5.92 Å². The predicted octanol–water partition coefficient (Wildman–Crippen LogP) is 0.833. The fourth-order valence-corrected chi connectivity index (χ4v) is 4.36. The van der Waals surface area contributed by atoms with Crippen LogP contribution in [-0.4, -0.2) is 53.1 Å². The normalized spacial score (nSPS) is 31.0. The van der Waals surface area contributed by atoms with Crippen molar-refractivity contribution in [2.75, 3.05) is 19.7 Å². The first-order chi connectivity index (χ1) is 12.2. The highest BCUT2D eigenvalue weighted by Gasteiger charge is 2.40. The maximum Gasteiger partial charge on any atom is 0.272 e. The molecule has 4 heterocycles. The van der Waals surface area contributed by atoms with Crippen molar-refractivity contribution < 1.29 is 14.3 Å².